The Kier molecular flexibility index (Phi) is 4.04. The van der Waals surface area contributed by atoms with Gasteiger partial charge in [-0.1, -0.05) is 0 Å². The minimum absolute atomic E-state index is 0.327. The summed E-state index contributed by atoms with van der Waals surface area (Å²) in [5, 5.41) is 3.30. The number of sulfone groups is 1. The molecular formula is C17H20N4O2S. The van der Waals surface area contributed by atoms with E-state index in [4.69, 9.17) is 0 Å². The van der Waals surface area contributed by atoms with Crippen LogP contribution >= 0.6 is 0 Å². The standard InChI is InChI=1S/C17H20N4O2S/c1-11-7-15(24(4,22)23)5-6-16(11)18-9-14-10-21-13(3)8-12(2)19-17(21)20-14/h5-8,10,18H,9H2,1-4H3. The second-order valence-electron chi connectivity index (χ2n) is 6.04. The molecular weight excluding hydrogens is 324 g/mol. The Balaban J connectivity index is 1.82. The number of aryl methyl sites for hydroxylation is 3. The third-order valence-corrected chi connectivity index (χ3v) is 5.01. The van der Waals surface area contributed by atoms with E-state index in [0.717, 1.165) is 28.3 Å². The predicted molar refractivity (Wildman–Crippen MR) is 94.1 cm³/mol. The fraction of sp³-hybridized carbons (Fsp3) is 0.294. The van der Waals surface area contributed by atoms with Gasteiger partial charge in [-0.25, -0.2) is 18.4 Å². The van der Waals surface area contributed by atoms with Gasteiger partial charge >= 0.3 is 0 Å². The van der Waals surface area contributed by atoms with Gasteiger partial charge in [-0.05, 0) is 50.6 Å². The van der Waals surface area contributed by atoms with Crippen LogP contribution < -0.4 is 5.32 Å². The number of aromatic nitrogens is 3. The average Bonchev–Trinajstić information content (AvgIpc) is 2.88. The Bertz CT molecular complexity index is 1020. The summed E-state index contributed by atoms with van der Waals surface area (Å²) in [5.74, 6) is 0.688. The van der Waals surface area contributed by atoms with Gasteiger partial charge in [0.2, 0.25) is 5.78 Å². The van der Waals surface area contributed by atoms with Gasteiger partial charge < -0.3 is 5.32 Å². The van der Waals surface area contributed by atoms with Crippen molar-refractivity contribution in [3.05, 3.63) is 53.1 Å². The molecule has 0 amide bonds. The molecule has 1 aromatic carbocycles. The number of anilines is 1. The third-order valence-electron chi connectivity index (χ3n) is 3.90. The van der Waals surface area contributed by atoms with Crippen molar-refractivity contribution in [1.82, 2.24) is 14.4 Å². The summed E-state index contributed by atoms with van der Waals surface area (Å²) in [7, 11) is -3.19. The van der Waals surface area contributed by atoms with Crippen molar-refractivity contribution in [2.45, 2.75) is 32.2 Å². The van der Waals surface area contributed by atoms with Crippen LogP contribution in [0.25, 0.3) is 5.78 Å². The molecule has 7 heteroatoms. The van der Waals surface area contributed by atoms with Crippen LogP contribution in [0.2, 0.25) is 0 Å². The highest BCUT2D eigenvalue weighted by Crippen LogP contribution is 2.20. The summed E-state index contributed by atoms with van der Waals surface area (Å²) in [6.07, 6.45) is 3.17. The van der Waals surface area contributed by atoms with Crippen LogP contribution in [0.3, 0.4) is 0 Å². The second-order valence-corrected chi connectivity index (χ2v) is 8.06. The maximum Gasteiger partial charge on any atom is 0.234 e. The van der Waals surface area contributed by atoms with Crippen molar-refractivity contribution in [3.63, 3.8) is 0 Å². The van der Waals surface area contributed by atoms with E-state index in [1.165, 1.54) is 6.26 Å². The first kappa shape index (κ1) is 16.4. The topological polar surface area (TPSA) is 76.4 Å². The zero-order chi connectivity index (χ0) is 17.5. The Morgan fingerprint density at radius 1 is 1.12 bits per heavy atom. The molecule has 2 aromatic heterocycles. The van der Waals surface area contributed by atoms with E-state index in [1.807, 2.05) is 37.4 Å². The van der Waals surface area contributed by atoms with Gasteiger partial charge in [-0.15, -0.1) is 0 Å². The molecule has 0 atom stereocenters. The highest BCUT2D eigenvalue weighted by molar-refractivity contribution is 7.90. The lowest BCUT2D eigenvalue weighted by atomic mass is 10.2. The van der Waals surface area contributed by atoms with E-state index in [1.54, 1.807) is 18.2 Å². The second kappa shape index (κ2) is 5.90. The van der Waals surface area contributed by atoms with Gasteiger partial charge in [-0.3, -0.25) is 4.40 Å². The van der Waals surface area contributed by atoms with Crippen molar-refractivity contribution >= 4 is 21.3 Å². The van der Waals surface area contributed by atoms with Crippen LogP contribution in [-0.4, -0.2) is 29.0 Å². The molecule has 6 nitrogen and oxygen atoms in total. The summed E-state index contributed by atoms with van der Waals surface area (Å²) in [6.45, 7) is 6.40. The molecule has 0 aliphatic rings. The zero-order valence-electron chi connectivity index (χ0n) is 14.2. The molecule has 0 radical (unpaired) electrons. The van der Waals surface area contributed by atoms with E-state index >= 15 is 0 Å². The Morgan fingerprint density at radius 2 is 1.88 bits per heavy atom. The number of hydrogen-bond donors (Lipinski definition) is 1. The fourth-order valence-corrected chi connectivity index (χ4v) is 3.36. The van der Waals surface area contributed by atoms with Crippen molar-refractivity contribution < 1.29 is 8.42 Å². The largest absolute Gasteiger partial charge is 0.379 e. The summed E-state index contributed by atoms with van der Waals surface area (Å²) in [6, 6.07) is 7.09. The van der Waals surface area contributed by atoms with Crippen molar-refractivity contribution in [1.29, 1.82) is 0 Å². The first-order valence-electron chi connectivity index (χ1n) is 7.61. The van der Waals surface area contributed by atoms with Crippen LogP contribution in [0, 0.1) is 20.8 Å². The summed E-state index contributed by atoms with van der Waals surface area (Å²) >= 11 is 0. The van der Waals surface area contributed by atoms with Crippen LogP contribution in [-0.2, 0) is 16.4 Å². The minimum atomic E-state index is -3.19. The lowest BCUT2D eigenvalue weighted by Gasteiger charge is -2.09. The van der Waals surface area contributed by atoms with E-state index < -0.39 is 9.84 Å². The molecule has 126 valence electrons. The van der Waals surface area contributed by atoms with Gasteiger partial charge in [0.1, 0.15) is 0 Å². The molecule has 2 heterocycles. The number of hydrogen-bond acceptors (Lipinski definition) is 5. The van der Waals surface area contributed by atoms with Gasteiger partial charge in [-0.2, -0.15) is 0 Å². The van der Waals surface area contributed by atoms with Crippen LogP contribution in [0.5, 0.6) is 0 Å². The molecule has 0 saturated carbocycles. The lowest BCUT2D eigenvalue weighted by molar-refractivity contribution is 0.602. The van der Waals surface area contributed by atoms with Crippen molar-refractivity contribution in [2.75, 3.05) is 11.6 Å². The van der Waals surface area contributed by atoms with Crippen LogP contribution in [0.4, 0.5) is 5.69 Å². The summed E-state index contributed by atoms with van der Waals surface area (Å²) in [5.41, 5.74) is 4.68. The van der Waals surface area contributed by atoms with Crippen LogP contribution in [0.15, 0.2) is 35.4 Å². The first-order valence-corrected chi connectivity index (χ1v) is 9.50. The zero-order valence-corrected chi connectivity index (χ0v) is 15.0. The van der Waals surface area contributed by atoms with Gasteiger partial charge in [0.25, 0.3) is 0 Å². The Hall–Kier alpha value is -2.41. The average molecular weight is 344 g/mol. The maximum atomic E-state index is 11.6. The molecule has 3 aromatic rings. The molecule has 0 spiro atoms. The maximum absolute atomic E-state index is 11.6. The van der Waals surface area contributed by atoms with Crippen LogP contribution in [0.1, 0.15) is 22.6 Å². The SMILES string of the molecule is Cc1cc(C)n2cc(CNc3ccc(S(C)(=O)=O)cc3C)nc2n1. The lowest BCUT2D eigenvalue weighted by Crippen LogP contribution is -2.03. The summed E-state index contributed by atoms with van der Waals surface area (Å²) in [4.78, 5) is 9.28. The molecule has 0 unspecified atom stereocenters. The van der Waals surface area contributed by atoms with Gasteiger partial charge in [0, 0.05) is 29.5 Å². The normalized spacial score (nSPS) is 11.8. The molecule has 0 aliphatic carbocycles. The molecule has 24 heavy (non-hydrogen) atoms. The molecule has 0 bridgehead atoms. The van der Waals surface area contributed by atoms with E-state index in [0.29, 0.717) is 17.2 Å². The van der Waals surface area contributed by atoms with E-state index in [-0.39, 0.29) is 0 Å². The van der Waals surface area contributed by atoms with Gasteiger partial charge in [0.05, 0.1) is 17.1 Å². The fourth-order valence-electron chi connectivity index (χ4n) is 2.65. The molecule has 1 N–H and O–H groups in total. The van der Waals surface area contributed by atoms with Crippen molar-refractivity contribution in [3.8, 4) is 0 Å². The Labute approximate surface area is 141 Å². The first-order chi connectivity index (χ1) is 11.2. The number of benzene rings is 1. The van der Waals surface area contributed by atoms with Gasteiger partial charge in [0.15, 0.2) is 9.84 Å². The highest BCUT2D eigenvalue weighted by atomic mass is 32.2. The quantitative estimate of drug-likeness (QED) is 0.787. The third kappa shape index (κ3) is 3.26. The molecule has 3 rings (SSSR count). The predicted octanol–water partition coefficient (Wildman–Crippen LogP) is 2.67. The highest BCUT2D eigenvalue weighted by Gasteiger charge is 2.10. The molecule has 0 aliphatic heterocycles. The molecule has 0 fully saturated rings. The number of imidazole rings is 1. The van der Waals surface area contributed by atoms with E-state index in [9.17, 15) is 8.42 Å². The number of nitrogens with zero attached hydrogens (tertiary/aromatic N) is 3. The van der Waals surface area contributed by atoms with E-state index in [2.05, 4.69) is 15.3 Å². The number of rotatable bonds is 4. The monoisotopic (exact) mass is 344 g/mol. The molecule has 0 saturated heterocycles. The number of nitrogens with one attached hydrogen (secondary N) is 1. The summed E-state index contributed by atoms with van der Waals surface area (Å²) < 4.78 is 25.2. The number of fused-ring (bicyclic) bond motifs is 1. The Morgan fingerprint density at radius 3 is 2.54 bits per heavy atom. The minimum Gasteiger partial charge on any atom is -0.379 e. The van der Waals surface area contributed by atoms with Crippen molar-refractivity contribution in [2.24, 2.45) is 0 Å². The smallest absolute Gasteiger partial charge is 0.234 e.